The first-order valence-electron chi connectivity index (χ1n) is 11.3. The van der Waals surface area contributed by atoms with Crippen LogP contribution >= 0.6 is 0 Å². The summed E-state index contributed by atoms with van der Waals surface area (Å²) in [5.74, 6) is 0.105. The molecule has 1 aromatic heterocycles. The summed E-state index contributed by atoms with van der Waals surface area (Å²) in [5, 5.41) is 8.95. The number of rotatable bonds is 9. The van der Waals surface area contributed by atoms with Gasteiger partial charge in [-0.3, -0.25) is 9.78 Å². The average Bonchev–Trinajstić information content (AvgIpc) is 2.76. The van der Waals surface area contributed by atoms with E-state index < -0.39 is 5.97 Å². The highest BCUT2D eigenvalue weighted by Crippen LogP contribution is 2.33. The van der Waals surface area contributed by atoms with Crippen LogP contribution in [0.2, 0.25) is 0 Å². The van der Waals surface area contributed by atoms with Crippen LogP contribution in [0.25, 0.3) is 11.1 Å². The predicted molar refractivity (Wildman–Crippen MR) is 131 cm³/mol. The van der Waals surface area contributed by atoms with Crippen LogP contribution in [0, 0.1) is 18.2 Å². The first-order valence-corrected chi connectivity index (χ1v) is 11.3. The zero-order valence-corrected chi connectivity index (χ0v) is 20.4. The highest BCUT2D eigenvalue weighted by atomic mass is 19.1. The van der Waals surface area contributed by atoms with Crippen LogP contribution in [-0.2, 0) is 24.2 Å². The van der Waals surface area contributed by atoms with Gasteiger partial charge in [0.2, 0.25) is 0 Å². The molecule has 5 nitrogen and oxygen atoms in total. The maximum absolute atomic E-state index is 14.7. The Bertz CT molecular complexity index is 1170. The molecular formula is C28H32FNO4. The highest BCUT2D eigenvalue weighted by molar-refractivity contribution is 5.68. The van der Waals surface area contributed by atoms with Gasteiger partial charge in [-0.15, -0.1) is 0 Å². The number of halogens is 1. The normalized spacial score (nSPS) is 11.4. The Morgan fingerprint density at radius 2 is 1.79 bits per heavy atom. The number of carboxylic acids is 1. The minimum atomic E-state index is -0.827. The van der Waals surface area contributed by atoms with Crippen molar-refractivity contribution in [3.63, 3.8) is 0 Å². The van der Waals surface area contributed by atoms with Gasteiger partial charge in [0, 0.05) is 23.2 Å². The number of pyridine rings is 1. The van der Waals surface area contributed by atoms with Gasteiger partial charge in [-0.25, -0.2) is 4.39 Å². The van der Waals surface area contributed by atoms with E-state index in [9.17, 15) is 9.18 Å². The molecule has 0 saturated carbocycles. The van der Waals surface area contributed by atoms with Gasteiger partial charge in [0.25, 0.3) is 0 Å². The maximum atomic E-state index is 14.7. The van der Waals surface area contributed by atoms with Crippen LogP contribution in [-0.4, -0.2) is 23.2 Å². The molecule has 0 saturated heterocycles. The van der Waals surface area contributed by atoms with Crippen molar-refractivity contribution in [1.82, 2.24) is 4.98 Å². The number of hydrogen-bond acceptors (Lipinski definition) is 4. The van der Waals surface area contributed by atoms with E-state index in [-0.39, 0.29) is 24.3 Å². The van der Waals surface area contributed by atoms with E-state index in [1.54, 1.807) is 19.2 Å². The van der Waals surface area contributed by atoms with Gasteiger partial charge in [-0.05, 0) is 72.7 Å². The van der Waals surface area contributed by atoms with Gasteiger partial charge in [0.05, 0.1) is 12.8 Å². The number of hydrogen-bond donors (Lipinski definition) is 1. The van der Waals surface area contributed by atoms with Crippen molar-refractivity contribution >= 4 is 5.97 Å². The molecule has 0 radical (unpaired) electrons. The molecule has 0 amide bonds. The summed E-state index contributed by atoms with van der Waals surface area (Å²) in [5.41, 5.74) is 4.60. The quantitative estimate of drug-likeness (QED) is 0.397. The number of aliphatic carboxylic acids is 1. The maximum Gasteiger partial charge on any atom is 0.303 e. The third kappa shape index (κ3) is 7.04. The molecule has 0 fully saturated rings. The summed E-state index contributed by atoms with van der Waals surface area (Å²) in [6.07, 6.45) is 1.18. The first-order chi connectivity index (χ1) is 16.0. The van der Waals surface area contributed by atoms with Gasteiger partial charge in [-0.1, -0.05) is 32.9 Å². The molecule has 0 bridgehead atoms. The third-order valence-electron chi connectivity index (χ3n) is 5.32. The number of aryl methyl sites for hydroxylation is 2. The second-order valence-electron chi connectivity index (χ2n) is 9.72. The summed E-state index contributed by atoms with van der Waals surface area (Å²) in [7, 11) is 1.56. The van der Waals surface area contributed by atoms with E-state index in [1.165, 1.54) is 6.07 Å². The van der Waals surface area contributed by atoms with Crippen molar-refractivity contribution in [3.05, 3.63) is 76.9 Å². The van der Waals surface area contributed by atoms with Crippen LogP contribution in [0.15, 0.2) is 48.5 Å². The van der Waals surface area contributed by atoms with E-state index in [4.69, 9.17) is 19.6 Å². The zero-order chi connectivity index (χ0) is 24.9. The minimum Gasteiger partial charge on any atom is -0.497 e. The van der Waals surface area contributed by atoms with Crippen LogP contribution in [0.4, 0.5) is 4.39 Å². The van der Waals surface area contributed by atoms with Gasteiger partial charge in [0.1, 0.15) is 23.9 Å². The molecule has 0 aliphatic rings. The van der Waals surface area contributed by atoms with E-state index in [1.807, 2.05) is 37.3 Å². The molecule has 3 aromatic rings. The lowest BCUT2D eigenvalue weighted by molar-refractivity contribution is -0.136. The summed E-state index contributed by atoms with van der Waals surface area (Å²) in [6, 6.07) is 14.2. The summed E-state index contributed by atoms with van der Waals surface area (Å²) >= 11 is 0. The molecule has 0 aliphatic carbocycles. The van der Waals surface area contributed by atoms with E-state index in [2.05, 4.69) is 20.8 Å². The van der Waals surface area contributed by atoms with Gasteiger partial charge in [0.15, 0.2) is 0 Å². The number of nitrogens with zero attached hydrogens (tertiary/aromatic N) is 1. The van der Waals surface area contributed by atoms with Crippen molar-refractivity contribution in [2.24, 2.45) is 5.41 Å². The fourth-order valence-corrected chi connectivity index (χ4v) is 3.81. The molecule has 0 unspecified atom stereocenters. The van der Waals surface area contributed by atoms with Crippen LogP contribution in [0.3, 0.4) is 0 Å². The zero-order valence-electron chi connectivity index (χ0n) is 20.4. The Labute approximate surface area is 200 Å². The Morgan fingerprint density at radius 3 is 2.47 bits per heavy atom. The molecule has 1 N–H and O–H groups in total. The number of methoxy groups -OCH3 is 1. The summed E-state index contributed by atoms with van der Waals surface area (Å²) in [6.45, 7) is 8.56. The average molecular weight is 466 g/mol. The Hall–Kier alpha value is -3.41. The fraction of sp³-hybridized carbons (Fsp3) is 0.357. The molecule has 1 heterocycles. The standard InChI is InChI=1S/C28H32FNO4/c1-18-12-19(6-11-27(31)32)14-22(13-18)34-17-20-7-9-23(26(30-20)16-28(2,3)4)24-15-21(33-5)8-10-25(24)29/h7-10,12-15H,6,11,16-17H2,1-5H3,(H,31,32). The van der Waals surface area contributed by atoms with Gasteiger partial charge >= 0.3 is 5.97 Å². The summed E-state index contributed by atoms with van der Waals surface area (Å²) in [4.78, 5) is 15.7. The topological polar surface area (TPSA) is 68.7 Å². The Kier molecular flexibility index (Phi) is 7.92. The van der Waals surface area contributed by atoms with Crippen LogP contribution in [0.5, 0.6) is 11.5 Å². The number of carboxylic acid groups (broad SMARTS) is 1. The molecule has 180 valence electrons. The molecule has 0 aliphatic heterocycles. The molecule has 3 rings (SSSR count). The lowest BCUT2D eigenvalue weighted by Gasteiger charge is -2.21. The first kappa shape index (κ1) is 25.2. The second-order valence-corrected chi connectivity index (χ2v) is 9.72. The lowest BCUT2D eigenvalue weighted by Crippen LogP contribution is -2.13. The van der Waals surface area contributed by atoms with E-state index >= 15 is 0 Å². The van der Waals surface area contributed by atoms with Crippen molar-refractivity contribution in [2.45, 2.75) is 53.6 Å². The van der Waals surface area contributed by atoms with Crippen molar-refractivity contribution in [2.75, 3.05) is 7.11 Å². The van der Waals surface area contributed by atoms with E-state index in [0.717, 1.165) is 28.1 Å². The molecule has 0 spiro atoms. The second kappa shape index (κ2) is 10.7. The summed E-state index contributed by atoms with van der Waals surface area (Å²) < 4.78 is 26.0. The lowest BCUT2D eigenvalue weighted by atomic mass is 9.87. The van der Waals surface area contributed by atoms with Gasteiger partial charge in [-0.2, -0.15) is 0 Å². The fourth-order valence-electron chi connectivity index (χ4n) is 3.81. The highest BCUT2D eigenvalue weighted by Gasteiger charge is 2.19. The molecule has 0 atom stereocenters. The smallest absolute Gasteiger partial charge is 0.303 e. The minimum absolute atomic E-state index is 0.0494. The van der Waals surface area contributed by atoms with Gasteiger partial charge < -0.3 is 14.6 Å². The van der Waals surface area contributed by atoms with Crippen LogP contribution < -0.4 is 9.47 Å². The predicted octanol–water partition coefficient (Wildman–Crippen LogP) is 6.39. The SMILES string of the molecule is COc1ccc(F)c(-c2ccc(COc3cc(C)cc(CCC(=O)O)c3)nc2CC(C)(C)C)c1. The molecule has 6 heteroatoms. The monoisotopic (exact) mass is 465 g/mol. The van der Waals surface area contributed by atoms with Crippen molar-refractivity contribution < 1.29 is 23.8 Å². The molecule has 34 heavy (non-hydrogen) atoms. The Balaban J connectivity index is 1.88. The Morgan fingerprint density at radius 1 is 1.03 bits per heavy atom. The number of benzene rings is 2. The number of aromatic nitrogens is 1. The molecular weight excluding hydrogens is 433 g/mol. The third-order valence-corrected chi connectivity index (χ3v) is 5.32. The van der Waals surface area contributed by atoms with Crippen LogP contribution in [0.1, 0.15) is 49.7 Å². The van der Waals surface area contributed by atoms with Crippen molar-refractivity contribution in [3.8, 4) is 22.6 Å². The number of ether oxygens (including phenoxy) is 2. The largest absolute Gasteiger partial charge is 0.497 e. The van der Waals surface area contributed by atoms with E-state index in [0.29, 0.717) is 29.9 Å². The van der Waals surface area contributed by atoms with Crippen molar-refractivity contribution in [1.29, 1.82) is 0 Å². The molecule has 2 aromatic carbocycles. The number of carbonyl (C=O) groups is 1.